The van der Waals surface area contributed by atoms with Crippen molar-refractivity contribution in [2.45, 2.75) is 6.92 Å². The van der Waals surface area contributed by atoms with Crippen molar-refractivity contribution >= 4 is 27.5 Å². The highest BCUT2D eigenvalue weighted by molar-refractivity contribution is 9.10. The van der Waals surface area contributed by atoms with Crippen LogP contribution < -0.4 is 4.74 Å². The normalized spacial score (nSPS) is 10.6. The number of ether oxygens (including phenoxy) is 1. The van der Waals surface area contributed by atoms with Gasteiger partial charge in [0.2, 0.25) is 11.2 Å². The van der Waals surface area contributed by atoms with Crippen LogP contribution in [-0.4, -0.2) is 24.5 Å². The molecule has 0 unspecified atom stereocenters. The van der Waals surface area contributed by atoms with Gasteiger partial charge in [-0.2, -0.15) is 15.0 Å². The first kappa shape index (κ1) is 14.0. The summed E-state index contributed by atoms with van der Waals surface area (Å²) in [6.45, 7) is 1.97. The topological polar surface area (TPSA) is 65.7 Å². The Morgan fingerprint density at radius 2 is 2.10 bits per heavy atom. The van der Waals surface area contributed by atoms with E-state index in [2.05, 4.69) is 35.9 Å². The Morgan fingerprint density at radius 3 is 2.81 bits per heavy atom. The molecule has 0 spiro atoms. The van der Waals surface area contributed by atoms with Gasteiger partial charge in [-0.1, -0.05) is 15.9 Å². The second-order valence-electron chi connectivity index (χ2n) is 4.17. The molecule has 0 radical (unpaired) electrons. The first-order valence-corrected chi connectivity index (χ1v) is 7.13. The van der Waals surface area contributed by atoms with Crippen molar-refractivity contribution in [2.24, 2.45) is 0 Å². The SMILES string of the molecule is Cc1cc(Oc2nc(Cl)nc(-n3ccnc3)n2)ccc1Br. The molecule has 6 nitrogen and oxygen atoms in total. The summed E-state index contributed by atoms with van der Waals surface area (Å²) in [4.78, 5) is 16.1. The van der Waals surface area contributed by atoms with Crippen molar-refractivity contribution in [1.29, 1.82) is 0 Å². The summed E-state index contributed by atoms with van der Waals surface area (Å²) in [5.41, 5.74) is 1.04. The van der Waals surface area contributed by atoms with E-state index in [1.807, 2.05) is 25.1 Å². The van der Waals surface area contributed by atoms with E-state index in [1.165, 1.54) is 0 Å². The maximum atomic E-state index is 5.91. The van der Waals surface area contributed by atoms with Crippen LogP contribution in [0, 0.1) is 6.92 Å². The Labute approximate surface area is 133 Å². The van der Waals surface area contributed by atoms with Crippen LogP contribution in [0.2, 0.25) is 5.28 Å². The third-order valence-corrected chi connectivity index (χ3v) is 3.71. The summed E-state index contributed by atoms with van der Waals surface area (Å²) in [5, 5.41) is 0.0533. The monoisotopic (exact) mass is 365 g/mol. The van der Waals surface area contributed by atoms with E-state index in [-0.39, 0.29) is 11.3 Å². The van der Waals surface area contributed by atoms with Crippen LogP contribution in [0.4, 0.5) is 0 Å². The van der Waals surface area contributed by atoms with E-state index in [0.717, 1.165) is 10.0 Å². The molecule has 0 bridgehead atoms. The largest absolute Gasteiger partial charge is 0.424 e. The second kappa shape index (κ2) is 5.79. The van der Waals surface area contributed by atoms with E-state index in [0.29, 0.717) is 11.7 Å². The minimum atomic E-state index is 0.0533. The molecule has 8 heteroatoms. The number of hydrogen-bond acceptors (Lipinski definition) is 5. The van der Waals surface area contributed by atoms with E-state index in [9.17, 15) is 0 Å². The number of aromatic nitrogens is 5. The van der Waals surface area contributed by atoms with Gasteiger partial charge in [0.1, 0.15) is 12.1 Å². The molecule has 0 aliphatic carbocycles. The zero-order chi connectivity index (χ0) is 14.8. The minimum absolute atomic E-state index is 0.0533. The Hall–Kier alpha value is -1.99. The summed E-state index contributed by atoms with van der Waals surface area (Å²) in [7, 11) is 0. The van der Waals surface area contributed by atoms with Crippen molar-refractivity contribution in [3.8, 4) is 17.7 Å². The van der Waals surface area contributed by atoms with Gasteiger partial charge >= 0.3 is 6.01 Å². The molecule has 0 aliphatic rings. The van der Waals surface area contributed by atoms with Gasteiger partial charge in [-0.25, -0.2) is 4.98 Å². The molecule has 0 fully saturated rings. The van der Waals surface area contributed by atoms with E-state index in [1.54, 1.807) is 23.3 Å². The Kier molecular flexibility index (Phi) is 3.85. The van der Waals surface area contributed by atoms with E-state index in [4.69, 9.17) is 16.3 Å². The molecule has 0 saturated heterocycles. The fourth-order valence-corrected chi connectivity index (χ4v) is 2.04. The standard InChI is InChI=1S/C13H9BrClN5O/c1-8-6-9(2-3-10(8)14)21-13-18-11(15)17-12(19-13)20-5-4-16-7-20/h2-7H,1H3. The quantitative estimate of drug-likeness (QED) is 0.709. The van der Waals surface area contributed by atoms with Crippen LogP contribution in [0.1, 0.15) is 5.56 Å². The number of halogens is 2. The molecular weight excluding hydrogens is 358 g/mol. The van der Waals surface area contributed by atoms with Gasteiger partial charge in [-0.15, -0.1) is 0 Å². The molecule has 3 aromatic rings. The molecule has 1 aromatic carbocycles. The predicted molar refractivity (Wildman–Crippen MR) is 80.9 cm³/mol. The molecule has 3 rings (SSSR count). The van der Waals surface area contributed by atoms with Crippen molar-refractivity contribution in [3.05, 3.63) is 52.2 Å². The molecule has 0 saturated carbocycles. The Balaban J connectivity index is 1.93. The first-order valence-electron chi connectivity index (χ1n) is 5.96. The third-order valence-electron chi connectivity index (χ3n) is 2.65. The lowest BCUT2D eigenvalue weighted by Gasteiger charge is -2.07. The average molecular weight is 367 g/mol. The van der Waals surface area contributed by atoms with Crippen LogP contribution >= 0.6 is 27.5 Å². The summed E-state index contributed by atoms with van der Waals surface area (Å²) in [5.74, 6) is 0.964. The lowest BCUT2D eigenvalue weighted by atomic mass is 10.2. The Morgan fingerprint density at radius 1 is 1.24 bits per heavy atom. The molecule has 0 aliphatic heterocycles. The zero-order valence-corrected chi connectivity index (χ0v) is 13.2. The molecule has 0 atom stereocenters. The van der Waals surface area contributed by atoms with Crippen LogP contribution in [-0.2, 0) is 0 Å². The number of nitrogens with zero attached hydrogens (tertiary/aromatic N) is 5. The second-order valence-corrected chi connectivity index (χ2v) is 5.36. The van der Waals surface area contributed by atoms with E-state index >= 15 is 0 Å². The molecule has 0 N–H and O–H groups in total. The van der Waals surface area contributed by atoms with Crippen molar-refractivity contribution in [1.82, 2.24) is 24.5 Å². The van der Waals surface area contributed by atoms with Crippen molar-refractivity contribution in [2.75, 3.05) is 0 Å². The predicted octanol–water partition coefficient (Wildman–Crippen LogP) is 3.57. The molecule has 21 heavy (non-hydrogen) atoms. The molecule has 2 aromatic heterocycles. The number of benzene rings is 1. The lowest BCUT2D eigenvalue weighted by Crippen LogP contribution is -2.03. The van der Waals surface area contributed by atoms with Crippen molar-refractivity contribution < 1.29 is 4.74 Å². The summed E-state index contributed by atoms with van der Waals surface area (Å²) in [6, 6.07) is 5.70. The van der Waals surface area contributed by atoms with Gasteiger partial charge in [-0.3, -0.25) is 4.57 Å². The zero-order valence-electron chi connectivity index (χ0n) is 10.9. The maximum absolute atomic E-state index is 5.91. The van der Waals surface area contributed by atoms with Gasteiger partial charge in [-0.05, 0) is 42.3 Å². The van der Waals surface area contributed by atoms with Gasteiger partial charge in [0.15, 0.2) is 0 Å². The number of hydrogen-bond donors (Lipinski definition) is 0. The van der Waals surface area contributed by atoms with Crippen LogP contribution in [0.25, 0.3) is 5.95 Å². The fraction of sp³-hybridized carbons (Fsp3) is 0.0769. The van der Waals surface area contributed by atoms with Gasteiger partial charge < -0.3 is 4.74 Å². The molecule has 106 valence electrons. The molecule has 2 heterocycles. The third kappa shape index (κ3) is 3.20. The highest BCUT2D eigenvalue weighted by Crippen LogP contribution is 2.25. The maximum Gasteiger partial charge on any atom is 0.328 e. The number of rotatable bonds is 3. The van der Waals surface area contributed by atoms with Gasteiger partial charge in [0, 0.05) is 16.9 Å². The average Bonchev–Trinajstić information content (AvgIpc) is 2.96. The smallest absolute Gasteiger partial charge is 0.328 e. The molecular formula is C13H9BrClN5O. The van der Waals surface area contributed by atoms with Crippen LogP contribution in [0.3, 0.4) is 0 Å². The first-order chi connectivity index (χ1) is 10.1. The highest BCUT2D eigenvalue weighted by atomic mass is 79.9. The van der Waals surface area contributed by atoms with Crippen LogP contribution in [0.5, 0.6) is 11.8 Å². The number of aryl methyl sites for hydroxylation is 1. The molecule has 0 amide bonds. The lowest BCUT2D eigenvalue weighted by molar-refractivity contribution is 0.437. The van der Waals surface area contributed by atoms with Crippen LogP contribution in [0.15, 0.2) is 41.4 Å². The summed E-state index contributed by atoms with van der Waals surface area (Å²) < 4.78 is 8.25. The summed E-state index contributed by atoms with van der Waals surface area (Å²) in [6.07, 6.45) is 4.90. The Bertz CT molecular complexity index is 778. The van der Waals surface area contributed by atoms with Crippen molar-refractivity contribution in [3.63, 3.8) is 0 Å². The summed E-state index contributed by atoms with van der Waals surface area (Å²) >= 11 is 9.34. The highest BCUT2D eigenvalue weighted by Gasteiger charge is 2.09. The fourth-order valence-electron chi connectivity index (χ4n) is 1.65. The van der Waals surface area contributed by atoms with E-state index < -0.39 is 0 Å². The van der Waals surface area contributed by atoms with Gasteiger partial charge in [0.05, 0.1) is 0 Å². The minimum Gasteiger partial charge on any atom is -0.424 e. The number of imidazole rings is 1. The van der Waals surface area contributed by atoms with Gasteiger partial charge in [0.25, 0.3) is 0 Å².